The van der Waals surface area contributed by atoms with Crippen molar-refractivity contribution in [1.82, 2.24) is 19.8 Å². The highest BCUT2D eigenvalue weighted by Gasteiger charge is 2.17. The van der Waals surface area contributed by atoms with Crippen molar-refractivity contribution >= 4 is 23.2 Å². The SMILES string of the molecule is C#CC#CC#CC#COC(=O)C(=C=CCCCCCCCC)Cc1nc2c(Cl)c(C)[nH]n2n1. The van der Waals surface area contributed by atoms with Gasteiger partial charge in [-0.1, -0.05) is 50.6 Å². The lowest BCUT2D eigenvalue weighted by Gasteiger charge is -1.99. The van der Waals surface area contributed by atoms with E-state index in [1.165, 1.54) is 30.3 Å². The number of H-pyrrole nitrogens is 1. The minimum Gasteiger partial charge on any atom is -0.367 e. The molecule has 0 atom stereocenters. The molecule has 0 saturated heterocycles. The quantitative estimate of drug-likeness (QED) is 0.186. The van der Waals surface area contributed by atoms with E-state index in [1.807, 2.05) is 13.0 Å². The van der Waals surface area contributed by atoms with Crippen molar-refractivity contribution in [3.63, 3.8) is 0 Å². The molecule has 0 aliphatic heterocycles. The van der Waals surface area contributed by atoms with Gasteiger partial charge in [0.25, 0.3) is 0 Å². The molecular weight excluding hydrogens is 436 g/mol. The fourth-order valence-corrected chi connectivity index (χ4v) is 3.04. The van der Waals surface area contributed by atoms with Crippen LogP contribution in [0.5, 0.6) is 0 Å². The Bertz CT molecular complexity index is 1270. The lowest BCUT2D eigenvalue weighted by molar-refractivity contribution is -0.132. The van der Waals surface area contributed by atoms with E-state index in [0.717, 1.165) is 25.0 Å². The highest BCUT2D eigenvalue weighted by molar-refractivity contribution is 6.34. The molecule has 2 heterocycles. The molecule has 6 nitrogen and oxygen atoms in total. The van der Waals surface area contributed by atoms with Crippen molar-refractivity contribution in [2.24, 2.45) is 0 Å². The number of esters is 1. The average molecular weight is 461 g/mol. The Morgan fingerprint density at radius 3 is 2.64 bits per heavy atom. The van der Waals surface area contributed by atoms with Gasteiger partial charge in [-0.05, 0) is 43.6 Å². The zero-order valence-corrected chi connectivity index (χ0v) is 19.6. The van der Waals surface area contributed by atoms with Crippen molar-refractivity contribution in [2.75, 3.05) is 0 Å². The molecule has 0 aromatic carbocycles. The van der Waals surface area contributed by atoms with Crippen LogP contribution < -0.4 is 0 Å². The van der Waals surface area contributed by atoms with Crippen LogP contribution in [0.25, 0.3) is 5.65 Å². The minimum atomic E-state index is -0.640. The van der Waals surface area contributed by atoms with Crippen LogP contribution in [0.3, 0.4) is 0 Å². The number of nitrogens with zero attached hydrogens (tertiary/aromatic N) is 3. The van der Waals surface area contributed by atoms with E-state index >= 15 is 0 Å². The molecule has 0 saturated carbocycles. The van der Waals surface area contributed by atoms with Gasteiger partial charge in [0.1, 0.15) is 11.1 Å². The Labute approximate surface area is 199 Å². The summed E-state index contributed by atoms with van der Waals surface area (Å²) in [5.74, 6) is 13.9. The number of aromatic nitrogens is 4. The first-order chi connectivity index (χ1) is 16.1. The number of terminal acetylenes is 1. The van der Waals surface area contributed by atoms with Crippen LogP contribution in [0.15, 0.2) is 17.4 Å². The summed E-state index contributed by atoms with van der Waals surface area (Å²) in [6.07, 6.45) is 17.2. The maximum Gasteiger partial charge on any atom is 0.356 e. The van der Waals surface area contributed by atoms with E-state index < -0.39 is 5.97 Å². The van der Waals surface area contributed by atoms with Crippen molar-refractivity contribution in [1.29, 1.82) is 0 Å². The molecule has 7 heteroatoms. The molecule has 0 radical (unpaired) electrons. The van der Waals surface area contributed by atoms with Crippen LogP contribution in [0.2, 0.25) is 5.02 Å². The summed E-state index contributed by atoms with van der Waals surface area (Å²) in [6, 6.07) is 0. The number of unbranched alkanes of at least 4 members (excludes halogenated alkanes) is 6. The normalized spacial score (nSPS) is 9.27. The van der Waals surface area contributed by atoms with Gasteiger partial charge in [0.15, 0.2) is 11.5 Å². The number of fused-ring (bicyclic) bond motifs is 1. The summed E-state index contributed by atoms with van der Waals surface area (Å²) in [6.45, 7) is 4.02. The summed E-state index contributed by atoms with van der Waals surface area (Å²) < 4.78 is 6.47. The van der Waals surface area contributed by atoms with Gasteiger partial charge in [-0.2, -0.15) is 4.63 Å². The van der Waals surface area contributed by atoms with E-state index in [4.69, 9.17) is 22.8 Å². The number of aromatic amines is 1. The second-order valence-electron chi connectivity index (χ2n) is 7.14. The molecular formula is C26H25ClN4O2. The van der Waals surface area contributed by atoms with Crippen LogP contribution in [0.1, 0.15) is 63.4 Å². The first-order valence-corrected chi connectivity index (χ1v) is 11.1. The summed E-state index contributed by atoms with van der Waals surface area (Å²) in [4.78, 5) is 16.9. The van der Waals surface area contributed by atoms with Crippen molar-refractivity contribution in [3.8, 4) is 48.1 Å². The van der Waals surface area contributed by atoms with Crippen molar-refractivity contribution in [2.45, 2.75) is 65.2 Å². The van der Waals surface area contributed by atoms with Crippen LogP contribution >= 0.6 is 11.6 Å². The van der Waals surface area contributed by atoms with Gasteiger partial charge in [0.05, 0.1) is 11.3 Å². The molecule has 2 aromatic heterocycles. The molecule has 2 rings (SSSR count). The molecule has 0 aliphatic carbocycles. The average Bonchev–Trinajstić information content (AvgIpc) is 3.31. The van der Waals surface area contributed by atoms with Crippen LogP contribution in [0.4, 0.5) is 0 Å². The van der Waals surface area contributed by atoms with Gasteiger partial charge < -0.3 is 4.74 Å². The number of aryl methyl sites for hydroxylation is 1. The molecule has 168 valence electrons. The third kappa shape index (κ3) is 8.69. The Hall–Kier alpha value is -3.80. The van der Waals surface area contributed by atoms with Crippen LogP contribution in [-0.4, -0.2) is 25.8 Å². The number of rotatable bonds is 10. The Balaban J connectivity index is 2.09. The van der Waals surface area contributed by atoms with Gasteiger partial charge >= 0.3 is 5.97 Å². The highest BCUT2D eigenvalue weighted by atomic mass is 35.5. The molecule has 0 unspecified atom stereocenters. The second-order valence-corrected chi connectivity index (χ2v) is 7.51. The Kier molecular flexibility index (Phi) is 11.0. The lowest BCUT2D eigenvalue weighted by atomic mass is 10.1. The molecule has 0 amide bonds. The summed E-state index contributed by atoms with van der Waals surface area (Å²) >= 11 is 6.22. The number of ether oxygens (including phenoxy) is 1. The predicted molar refractivity (Wildman–Crippen MR) is 129 cm³/mol. The molecule has 1 N–H and O–H groups in total. The van der Waals surface area contributed by atoms with Crippen LogP contribution in [-0.2, 0) is 16.0 Å². The van der Waals surface area contributed by atoms with E-state index in [9.17, 15) is 4.79 Å². The standard InChI is InChI=1S/C26H25ClN4O2/c1-4-6-8-10-12-13-14-16-18-22(26(32)33-19-17-15-11-9-7-5-2)20-23-28-25-24(27)21(3)29-31(25)30-23/h2,16,29H,4,6,8,10,12-14,20H2,1,3H3. The topological polar surface area (TPSA) is 72.3 Å². The zero-order valence-electron chi connectivity index (χ0n) is 18.8. The predicted octanol–water partition coefficient (Wildman–Crippen LogP) is 4.54. The zero-order chi connectivity index (χ0) is 23.9. The highest BCUT2D eigenvalue weighted by Crippen LogP contribution is 2.20. The smallest absolute Gasteiger partial charge is 0.356 e. The number of hydrogen-bond donors (Lipinski definition) is 1. The Morgan fingerprint density at radius 1 is 1.15 bits per heavy atom. The second kappa shape index (κ2) is 14.3. The number of hydrogen-bond acceptors (Lipinski definition) is 4. The van der Waals surface area contributed by atoms with Crippen molar-refractivity contribution < 1.29 is 9.53 Å². The first-order valence-electron chi connectivity index (χ1n) is 10.8. The van der Waals surface area contributed by atoms with Crippen molar-refractivity contribution in [3.05, 3.63) is 33.9 Å². The molecule has 0 aliphatic rings. The number of nitrogens with one attached hydrogen (secondary N) is 1. The summed E-state index contributed by atoms with van der Waals surface area (Å²) in [5.41, 5.74) is 4.55. The van der Waals surface area contributed by atoms with E-state index in [1.54, 1.807) is 0 Å². The van der Waals surface area contributed by atoms with Gasteiger partial charge in [-0.25, -0.2) is 9.78 Å². The van der Waals surface area contributed by atoms with E-state index in [0.29, 0.717) is 16.5 Å². The van der Waals surface area contributed by atoms with Gasteiger partial charge in [0, 0.05) is 24.2 Å². The number of halogens is 1. The minimum absolute atomic E-state index is 0.123. The third-order valence-electron chi connectivity index (χ3n) is 4.53. The molecule has 33 heavy (non-hydrogen) atoms. The fourth-order valence-electron chi connectivity index (χ4n) is 2.88. The first kappa shape index (κ1) is 25.5. The van der Waals surface area contributed by atoms with Crippen LogP contribution in [0, 0.1) is 55.0 Å². The molecule has 0 spiro atoms. The number of carbonyl (C=O) groups excluding carboxylic acids is 1. The van der Waals surface area contributed by atoms with E-state index in [-0.39, 0.29) is 12.0 Å². The largest absolute Gasteiger partial charge is 0.367 e. The van der Waals surface area contributed by atoms with Gasteiger partial charge in [-0.15, -0.1) is 17.3 Å². The molecule has 0 fully saturated rings. The third-order valence-corrected chi connectivity index (χ3v) is 4.98. The monoisotopic (exact) mass is 460 g/mol. The lowest BCUT2D eigenvalue weighted by Crippen LogP contribution is -2.08. The number of carbonyl (C=O) groups is 1. The molecule has 2 aromatic rings. The molecule has 0 bridgehead atoms. The van der Waals surface area contributed by atoms with Gasteiger partial charge in [0.2, 0.25) is 0 Å². The van der Waals surface area contributed by atoms with E-state index in [2.05, 4.69) is 69.5 Å². The van der Waals surface area contributed by atoms with Gasteiger partial charge in [-0.3, -0.25) is 5.10 Å². The Morgan fingerprint density at radius 2 is 1.88 bits per heavy atom. The maximum absolute atomic E-state index is 12.6. The summed E-state index contributed by atoms with van der Waals surface area (Å²) in [7, 11) is 0. The maximum atomic E-state index is 12.6. The fraction of sp³-hybridized carbons (Fsp3) is 0.385. The summed E-state index contributed by atoms with van der Waals surface area (Å²) in [5, 5.41) is 7.81.